The molecule has 1 aromatic rings. The SMILES string of the molecule is COc1ccc(N=C(/N=C\C2CCN(CC(=O)N3CCCC3)C2=O)NC#N)cc1. The van der Waals surface area contributed by atoms with Gasteiger partial charge < -0.3 is 14.5 Å². The van der Waals surface area contributed by atoms with Gasteiger partial charge in [-0.05, 0) is 43.5 Å². The van der Waals surface area contributed by atoms with E-state index in [0.29, 0.717) is 24.4 Å². The maximum Gasteiger partial charge on any atom is 0.242 e. The van der Waals surface area contributed by atoms with Crippen LogP contribution in [-0.4, -0.2) is 67.1 Å². The Labute approximate surface area is 169 Å². The lowest BCUT2D eigenvalue weighted by Crippen LogP contribution is -2.40. The number of hydrogen-bond donors (Lipinski definition) is 1. The van der Waals surface area contributed by atoms with E-state index < -0.39 is 5.92 Å². The second kappa shape index (κ2) is 9.68. The van der Waals surface area contributed by atoms with Gasteiger partial charge in [0.05, 0.1) is 25.3 Å². The number of carbonyl (C=O) groups is 2. The van der Waals surface area contributed by atoms with Crippen LogP contribution in [0.3, 0.4) is 0 Å². The zero-order valence-corrected chi connectivity index (χ0v) is 16.4. The molecule has 1 aromatic carbocycles. The number of hydrogen-bond acceptors (Lipinski definition) is 5. The number of nitrogens with zero attached hydrogens (tertiary/aromatic N) is 5. The van der Waals surface area contributed by atoms with Crippen molar-refractivity contribution in [2.24, 2.45) is 15.9 Å². The van der Waals surface area contributed by atoms with Crippen molar-refractivity contribution in [3.05, 3.63) is 24.3 Å². The van der Waals surface area contributed by atoms with Crippen LogP contribution in [0.2, 0.25) is 0 Å². The van der Waals surface area contributed by atoms with Crippen LogP contribution in [0.5, 0.6) is 5.75 Å². The largest absolute Gasteiger partial charge is 0.497 e. The van der Waals surface area contributed by atoms with Crippen molar-refractivity contribution in [2.75, 3.05) is 33.3 Å². The number of rotatable bonds is 5. The summed E-state index contributed by atoms with van der Waals surface area (Å²) in [7, 11) is 1.58. The van der Waals surface area contributed by atoms with Crippen LogP contribution in [0.4, 0.5) is 5.69 Å². The molecule has 2 aliphatic rings. The van der Waals surface area contributed by atoms with E-state index in [0.717, 1.165) is 25.9 Å². The Morgan fingerprint density at radius 1 is 1.31 bits per heavy atom. The van der Waals surface area contributed by atoms with E-state index in [9.17, 15) is 9.59 Å². The Bertz CT molecular complexity index is 837. The average Bonchev–Trinajstić information content (AvgIpc) is 3.38. The standard InChI is InChI=1S/C20H24N6O3/c1-29-17-6-4-16(5-7-17)24-20(23-14-21)22-12-15-8-11-26(19(15)28)13-18(27)25-9-2-3-10-25/h4-7,12,15H,2-3,8-11,13H2,1H3,(H,23,24)/b22-12-. The molecule has 9 nitrogen and oxygen atoms in total. The normalized spacial score (nSPS) is 19.7. The predicted molar refractivity (Wildman–Crippen MR) is 108 cm³/mol. The van der Waals surface area contributed by atoms with Crippen LogP contribution in [0.15, 0.2) is 34.3 Å². The zero-order chi connectivity index (χ0) is 20.6. The molecule has 0 aliphatic carbocycles. The van der Waals surface area contributed by atoms with Gasteiger partial charge in [0.25, 0.3) is 0 Å². The Kier molecular flexibility index (Phi) is 6.79. The first kappa shape index (κ1) is 20.3. The van der Waals surface area contributed by atoms with Gasteiger partial charge in [-0.25, -0.2) is 9.98 Å². The molecule has 2 saturated heterocycles. The molecule has 3 rings (SSSR count). The fourth-order valence-electron chi connectivity index (χ4n) is 3.37. The lowest BCUT2D eigenvalue weighted by molar-refractivity contribution is -0.138. The zero-order valence-electron chi connectivity index (χ0n) is 16.4. The average molecular weight is 396 g/mol. The van der Waals surface area contributed by atoms with Crippen LogP contribution in [0, 0.1) is 17.4 Å². The summed E-state index contributed by atoms with van der Waals surface area (Å²) in [5.41, 5.74) is 0.594. The molecule has 1 N–H and O–H groups in total. The van der Waals surface area contributed by atoms with E-state index in [2.05, 4.69) is 15.3 Å². The van der Waals surface area contributed by atoms with Gasteiger partial charge in [0.1, 0.15) is 5.75 Å². The monoisotopic (exact) mass is 396 g/mol. The highest BCUT2D eigenvalue weighted by Gasteiger charge is 2.33. The third-order valence-electron chi connectivity index (χ3n) is 4.98. The fraction of sp³-hybridized carbons (Fsp3) is 0.450. The lowest BCUT2D eigenvalue weighted by atomic mass is 10.1. The number of benzene rings is 1. The van der Waals surface area contributed by atoms with Crippen molar-refractivity contribution in [1.82, 2.24) is 15.1 Å². The molecule has 2 heterocycles. The summed E-state index contributed by atoms with van der Waals surface area (Å²) >= 11 is 0. The molecule has 1 unspecified atom stereocenters. The predicted octanol–water partition coefficient (Wildman–Crippen LogP) is 1.30. The molecule has 0 aromatic heterocycles. The second-order valence-electron chi connectivity index (χ2n) is 6.89. The van der Waals surface area contributed by atoms with Crippen LogP contribution < -0.4 is 10.1 Å². The number of ether oxygens (including phenoxy) is 1. The molecule has 0 radical (unpaired) electrons. The lowest BCUT2D eigenvalue weighted by Gasteiger charge is -2.20. The molecule has 2 fully saturated rings. The molecule has 2 amide bonds. The maximum atomic E-state index is 12.6. The van der Waals surface area contributed by atoms with Crippen LogP contribution in [0.1, 0.15) is 19.3 Å². The molecule has 152 valence electrons. The minimum Gasteiger partial charge on any atom is -0.497 e. The molecular formula is C20H24N6O3. The van der Waals surface area contributed by atoms with E-state index in [-0.39, 0.29) is 24.3 Å². The highest BCUT2D eigenvalue weighted by molar-refractivity contribution is 6.01. The Hall–Kier alpha value is -3.41. The van der Waals surface area contributed by atoms with E-state index in [1.54, 1.807) is 42.5 Å². The Morgan fingerprint density at radius 3 is 2.69 bits per heavy atom. The van der Waals surface area contributed by atoms with E-state index in [4.69, 9.17) is 10.00 Å². The van der Waals surface area contributed by atoms with Gasteiger partial charge in [-0.1, -0.05) is 0 Å². The Morgan fingerprint density at radius 2 is 2.03 bits per heavy atom. The van der Waals surface area contributed by atoms with Gasteiger partial charge in [-0.2, -0.15) is 5.26 Å². The van der Waals surface area contributed by atoms with Crippen molar-refractivity contribution >= 4 is 29.7 Å². The smallest absolute Gasteiger partial charge is 0.242 e. The molecule has 0 bridgehead atoms. The van der Waals surface area contributed by atoms with Crippen LogP contribution in [-0.2, 0) is 9.59 Å². The third-order valence-corrected chi connectivity index (χ3v) is 4.98. The molecule has 29 heavy (non-hydrogen) atoms. The quantitative estimate of drug-likeness (QED) is 0.349. The van der Waals surface area contributed by atoms with Gasteiger partial charge in [-0.15, -0.1) is 0 Å². The first-order chi connectivity index (χ1) is 14.1. The number of amides is 2. The van der Waals surface area contributed by atoms with Gasteiger partial charge in [0.2, 0.25) is 17.8 Å². The topological polar surface area (TPSA) is 110 Å². The van der Waals surface area contributed by atoms with Gasteiger partial charge in [-0.3, -0.25) is 14.9 Å². The summed E-state index contributed by atoms with van der Waals surface area (Å²) in [5, 5.41) is 11.4. The molecule has 0 saturated carbocycles. The van der Waals surface area contributed by atoms with Crippen molar-refractivity contribution < 1.29 is 14.3 Å². The highest BCUT2D eigenvalue weighted by atomic mass is 16.5. The maximum absolute atomic E-state index is 12.6. The van der Waals surface area contributed by atoms with E-state index in [1.807, 2.05) is 4.90 Å². The number of guanidine groups is 1. The summed E-state index contributed by atoms with van der Waals surface area (Å²) in [6.07, 6.45) is 5.93. The summed E-state index contributed by atoms with van der Waals surface area (Å²) in [6.45, 7) is 2.19. The first-order valence-electron chi connectivity index (χ1n) is 9.59. The number of carbonyl (C=O) groups excluding carboxylic acids is 2. The molecule has 9 heteroatoms. The van der Waals surface area contributed by atoms with Gasteiger partial charge in [0.15, 0.2) is 6.19 Å². The molecule has 2 aliphatic heterocycles. The minimum absolute atomic E-state index is 0.00124. The van der Waals surface area contributed by atoms with Crippen molar-refractivity contribution in [3.63, 3.8) is 0 Å². The van der Waals surface area contributed by atoms with Crippen LogP contribution >= 0.6 is 0 Å². The van der Waals surface area contributed by atoms with Crippen molar-refractivity contribution in [1.29, 1.82) is 5.26 Å². The second-order valence-corrected chi connectivity index (χ2v) is 6.89. The fourth-order valence-corrected chi connectivity index (χ4v) is 3.37. The first-order valence-corrected chi connectivity index (χ1v) is 9.59. The number of nitriles is 1. The number of nitrogens with one attached hydrogen (secondary N) is 1. The minimum atomic E-state index is -0.428. The summed E-state index contributed by atoms with van der Waals surface area (Å²) in [5.74, 6) is 0.241. The van der Waals surface area contributed by atoms with E-state index in [1.165, 1.54) is 6.21 Å². The van der Waals surface area contributed by atoms with Gasteiger partial charge in [0, 0.05) is 25.8 Å². The van der Waals surface area contributed by atoms with Crippen molar-refractivity contribution in [3.8, 4) is 11.9 Å². The highest BCUT2D eigenvalue weighted by Crippen LogP contribution is 2.19. The number of likely N-dealkylation sites (tertiary alicyclic amines) is 2. The van der Waals surface area contributed by atoms with Crippen molar-refractivity contribution in [2.45, 2.75) is 19.3 Å². The molecule has 1 atom stereocenters. The Balaban J connectivity index is 1.61. The van der Waals surface area contributed by atoms with E-state index >= 15 is 0 Å². The third kappa shape index (κ3) is 5.31. The van der Waals surface area contributed by atoms with Gasteiger partial charge >= 0.3 is 0 Å². The molecule has 0 spiro atoms. The summed E-state index contributed by atoms with van der Waals surface area (Å²) < 4.78 is 5.10. The summed E-state index contributed by atoms with van der Waals surface area (Å²) in [4.78, 5) is 36.7. The van der Waals surface area contributed by atoms with Crippen LogP contribution in [0.25, 0.3) is 0 Å². The number of aliphatic imine (C=N–C) groups is 2. The molecular weight excluding hydrogens is 372 g/mol. The number of methoxy groups -OCH3 is 1. The summed E-state index contributed by atoms with van der Waals surface area (Å²) in [6, 6.07) is 6.98.